The van der Waals surface area contributed by atoms with Crippen LogP contribution in [0.5, 0.6) is 0 Å². The van der Waals surface area contributed by atoms with Crippen LogP contribution in [0.25, 0.3) is 23.1 Å². The Hall–Kier alpha value is -1.21. The number of nitrogens with zero attached hydrogens (tertiary/aromatic N) is 2. The largest absolute Gasteiger partial charge is 0.370 e. The molecule has 1 aliphatic rings. The van der Waals surface area contributed by atoms with E-state index in [1.54, 1.807) is 0 Å². The third-order valence-corrected chi connectivity index (χ3v) is 10.6. The first-order chi connectivity index (χ1) is 16.8. The highest BCUT2D eigenvalue weighted by atomic mass is 32.2. The number of hydrogen-bond donors (Lipinski definition) is 0. The number of anilines is 1. The molecule has 0 bridgehead atoms. The van der Waals surface area contributed by atoms with Crippen LogP contribution in [0.1, 0.15) is 11.3 Å². The summed E-state index contributed by atoms with van der Waals surface area (Å²) in [5, 5.41) is 1.27. The van der Waals surface area contributed by atoms with E-state index >= 15 is 0 Å². The molecule has 2 nitrogen and oxygen atoms in total. The Balaban J connectivity index is 1.39. The van der Waals surface area contributed by atoms with Gasteiger partial charge >= 0.3 is 0 Å². The summed E-state index contributed by atoms with van der Waals surface area (Å²) in [6.07, 6.45) is 4.44. The number of benzene rings is 2. The highest BCUT2D eigenvalue weighted by Crippen LogP contribution is 2.20. The number of para-hydroxylation sites is 1. The van der Waals surface area contributed by atoms with Crippen molar-refractivity contribution in [3.8, 4) is 0 Å². The number of aryl methyl sites for hydroxylation is 1. The fourth-order valence-electron chi connectivity index (χ4n) is 3.99. The van der Waals surface area contributed by atoms with Gasteiger partial charge in [0.15, 0.2) is 0 Å². The molecular formula is C28H35N2S4+. The summed E-state index contributed by atoms with van der Waals surface area (Å²) in [7, 11) is 2.14. The lowest BCUT2D eigenvalue weighted by atomic mass is 10.1. The average Bonchev–Trinajstić information content (AvgIpc) is 2.88. The van der Waals surface area contributed by atoms with Gasteiger partial charge in [-0.25, -0.2) is 0 Å². The fraction of sp³-hybridized carbons (Fsp3) is 0.393. The van der Waals surface area contributed by atoms with Gasteiger partial charge in [0.05, 0.1) is 0 Å². The summed E-state index contributed by atoms with van der Waals surface area (Å²) in [6, 6.07) is 22.1. The number of aromatic nitrogens is 1. The van der Waals surface area contributed by atoms with Crippen LogP contribution in [-0.4, -0.2) is 59.1 Å². The minimum absolute atomic E-state index is 1.13. The molecule has 34 heavy (non-hydrogen) atoms. The molecule has 6 heteroatoms. The van der Waals surface area contributed by atoms with Gasteiger partial charge in [0.1, 0.15) is 7.05 Å². The standard InChI is InChI=1S/C28H35N2S4/c1-29-26(13-9-25-4-2-3-5-28(25)29)10-6-24-7-11-27(12-8-24)30-14-16-31-18-20-33-22-23-34-21-19-32-17-15-30/h2-13H,14-23H2,1H3/q+1. The second kappa shape index (κ2) is 14.4. The van der Waals surface area contributed by atoms with Crippen molar-refractivity contribution < 1.29 is 4.57 Å². The van der Waals surface area contributed by atoms with Gasteiger partial charge in [0.25, 0.3) is 0 Å². The van der Waals surface area contributed by atoms with Crippen molar-refractivity contribution in [3.63, 3.8) is 0 Å². The lowest BCUT2D eigenvalue weighted by molar-refractivity contribution is -0.646. The number of fused-ring (bicyclic) bond motifs is 1. The first kappa shape index (κ1) is 25.9. The van der Waals surface area contributed by atoms with Gasteiger partial charge in [-0.15, -0.1) is 0 Å². The number of hydrogen-bond acceptors (Lipinski definition) is 5. The SMILES string of the molecule is C[n+]1c(/C=C/c2ccc(N3CCSCCSCCSCCSCC3)cc2)ccc2ccccc21. The maximum atomic E-state index is 2.58. The van der Waals surface area contributed by atoms with Crippen molar-refractivity contribution in [2.45, 2.75) is 0 Å². The maximum absolute atomic E-state index is 2.58. The van der Waals surface area contributed by atoms with Crippen molar-refractivity contribution >= 4 is 75.8 Å². The predicted molar refractivity (Wildman–Crippen MR) is 162 cm³/mol. The molecule has 3 aromatic rings. The lowest BCUT2D eigenvalue weighted by Gasteiger charge is -2.25. The van der Waals surface area contributed by atoms with E-state index < -0.39 is 0 Å². The number of thioether (sulfide) groups is 4. The molecule has 0 atom stereocenters. The summed E-state index contributed by atoms with van der Waals surface area (Å²) in [6.45, 7) is 2.26. The predicted octanol–water partition coefficient (Wildman–Crippen LogP) is 6.59. The summed E-state index contributed by atoms with van der Waals surface area (Å²) >= 11 is 8.45. The molecule has 4 rings (SSSR count). The second-order valence-electron chi connectivity index (χ2n) is 8.24. The molecule has 1 aliphatic heterocycles. The van der Waals surface area contributed by atoms with Crippen molar-refractivity contribution in [1.29, 1.82) is 0 Å². The highest BCUT2D eigenvalue weighted by Gasteiger charge is 2.09. The molecule has 180 valence electrons. The van der Waals surface area contributed by atoms with Crippen LogP contribution in [0.4, 0.5) is 5.69 Å². The molecule has 0 amide bonds. The molecule has 2 heterocycles. The van der Waals surface area contributed by atoms with E-state index in [-0.39, 0.29) is 0 Å². The molecule has 1 saturated heterocycles. The van der Waals surface area contributed by atoms with Crippen molar-refractivity contribution in [2.24, 2.45) is 7.05 Å². The normalized spacial score (nSPS) is 17.5. The Kier molecular flexibility index (Phi) is 10.9. The summed E-state index contributed by atoms with van der Waals surface area (Å²) < 4.78 is 2.26. The van der Waals surface area contributed by atoms with E-state index in [2.05, 4.69) is 136 Å². The fourth-order valence-corrected chi connectivity index (χ4v) is 8.33. The zero-order chi connectivity index (χ0) is 23.4. The van der Waals surface area contributed by atoms with Gasteiger partial charge in [-0.05, 0) is 35.9 Å². The minimum Gasteiger partial charge on any atom is -0.370 e. The molecule has 0 radical (unpaired) electrons. The van der Waals surface area contributed by atoms with Crippen LogP contribution >= 0.6 is 47.0 Å². The van der Waals surface area contributed by atoms with Crippen molar-refractivity contribution in [1.82, 2.24) is 0 Å². The van der Waals surface area contributed by atoms with Crippen LogP contribution in [0.2, 0.25) is 0 Å². The monoisotopic (exact) mass is 527 g/mol. The lowest BCUT2D eigenvalue weighted by Crippen LogP contribution is -2.32. The topological polar surface area (TPSA) is 7.12 Å². The van der Waals surface area contributed by atoms with Crippen molar-refractivity contribution in [3.05, 3.63) is 71.9 Å². The van der Waals surface area contributed by atoms with E-state index in [1.165, 1.54) is 73.9 Å². The van der Waals surface area contributed by atoms with Crippen molar-refractivity contribution in [2.75, 3.05) is 64.0 Å². The molecular weight excluding hydrogens is 493 g/mol. The van der Waals surface area contributed by atoms with Crippen LogP contribution in [0.15, 0.2) is 60.7 Å². The average molecular weight is 528 g/mol. The Morgan fingerprint density at radius 1 is 0.647 bits per heavy atom. The third-order valence-electron chi connectivity index (χ3n) is 5.95. The first-order valence-corrected chi connectivity index (χ1v) is 16.6. The molecule has 0 spiro atoms. The van der Waals surface area contributed by atoms with E-state index in [9.17, 15) is 0 Å². The molecule has 1 fully saturated rings. The van der Waals surface area contributed by atoms with E-state index in [4.69, 9.17) is 0 Å². The summed E-state index contributed by atoms with van der Waals surface area (Å²) in [5.41, 5.74) is 5.06. The highest BCUT2D eigenvalue weighted by molar-refractivity contribution is 8.05. The number of rotatable bonds is 3. The summed E-state index contributed by atoms with van der Waals surface area (Å²) in [5.74, 6) is 10.2. The van der Waals surface area contributed by atoms with E-state index in [0.717, 1.165) is 13.1 Å². The smallest absolute Gasteiger partial charge is 0.212 e. The third kappa shape index (κ3) is 7.91. The molecule has 0 saturated carbocycles. The Morgan fingerprint density at radius 3 is 1.88 bits per heavy atom. The van der Waals surface area contributed by atoms with E-state index in [0.29, 0.717) is 0 Å². The Morgan fingerprint density at radius 2 is 1.24 bits per heavy atom. The van der Waals surface area contributed by atoms with Crippen LogP contribution in [0, 0.1) is 0 Å². The molecule has 0 unspecified atom stereocenters. The van der Waals surface area contributed by atoms with Crippen LogP contribution < -0.4 is 9.47 Å². The molecule has 1 aromatic heterocycles. The zero-order valence-corrected chi connectivity index (χ0v) is 23.3. The van der Waals surface area contributed by atoms with Gasteiger partial charge < -0.3 is 4.90 Å². The molecule has 0 N–H and O–H groups in total. The molecule has 2 aromatic carbocycles. The van der Waals surface area contributed by atoms with Gasteiger partial charge in [-0.2, -0.15) is 51.6 Å². The first-order valence-electron chi connectivity index (χ1n) is 12.0. The maximum Gasteiger partial charge on any atom is 0.212 e. The van der Waals surface area contributed by atoms with E-state index in [1.807, 2.05) is 0 Å². The van der Waals surface area contributed by atoms with Gasteiger partial charge in [-0.1, -0.05) is 24.3 Å². The quantitative estimate of drug-likeness (QED) is 0.354. The summed E-state index contributed by atoms with van der Waals surface area (Å²) in [4.78, 5) is 2.58. The zero-order valence-electron chi connectivity index (χ0n) is 20.0. The Labute approximate surface area is 222 Å². The number of pyridine rings is 1. The Bertz CT molecular complexity index is 1040. The molecule has 0 aliphatic carbocycles. The van der Waals surface area contributed by atoms with Gasteiger partial charge in [-0.3, -0.25) is 0 Å². The van der Waals surface area contributed by atoms with Crippen LogP contribution in [-0.2, 0) is 7.05 Å². The van der Waals surface area contributed by atoms with Crippen LogP contribution in [0.3, 0.4) is 0 Å². The second-order valence-corrected chi connectivity index (χ2v) is 13.1. The van der Waals surface area contributed by atoms with Gasteiger partial charge in [0, 0.05) is 88.4 Å². The van der Waals surface area contributed by atoms with Gasteiger partial charge in [0.2, 0.25) is 11.2 Å². The minimum atomic E-state index is 1.13.